The van der Waals surface area contributed by atoms with Gasteiger partial charge in [-0.15, -0.1) is 0 Å². The second kappa shape index (κ2) is 9.96. The third-order valence-electron chi connectivity index (χ3n) is 3.76. The van der Waals surface area contributed by atoms with E-state index in [0.29, 0.717) is 18.1 Å². The first-order valence-corrected chi connectivity index (χ1v) is 8.41. The Labute approximate surface area is 148 Å². The number of aryl methyl sites for hydroxylation is 1. The summed E-state index contributed by atoms with van der Waals surface area (Å²) in [6.07, 6.45) is 1.57. The number of benzene rings is 2. The Bertz CT molecular complexity index is 634. The molecule has 2 N–H and O–H groups in total. The van der Waals surface area contributed by atoms with Crippen LogP contribution in [0.15, 0.2) is 54.6 Å². The lowest BCUT2D eigenvalue weighted by Crippen LogP contribution is -2.38. The van der Waals surface area contributed by atoms with Gasteiger partial charge in [0, 0.05) is 30.8 Å². The van der Waals surface area contributed by atoms with E-state index in [0.717, 1.165) is 18.4 Å². The lowest BCUT2D eigenvalue weighted by molar-refractivity contribution is 0.104. The molecular formula is C19H23ClN2O2. The van der Waals surface area contributed by atoms with Gasteiger partial charge >= 0.3 is 6.03 Å². The maximum absolute atomic E-state index is 11.9. The second-order valence-corrected chi connectivity index (χ2v) is 5.88. The fraction of sp³-hybridized carbons (Fsp3) is 0.316. The van der Waals surface area contributed by atoms with Crippen LogP contribution in [0.4, 0.5) is 4.79 Å². The summed E-state index contributed by atoms with van der Waals surface area (Å²) in [6, 6.07) is 17.5. The Morgan fingerprint density at radius 2 is 1.79 bits per heavy atom. The Morgan fingerprint density at radius 1 is 1.08 bits per heavy atom. The van der Waals surface area contributed by atoms with Crippen LogP contribution in [0.25, 0.3) is 0 Å². The lowest BCUT2D eigenvalue weighted by Gasteiger charge is -2.18. The van der Waals surface area contributed by atoms with Crippen LogP contribution in [-0.4, -0.2) is 26.2 Å². The fourth-order valence-corrected chi connectivity index (χ4v) is 2.70. The molecule has 0 aliphatic carbocycles. The molecule has 0 aliphatic heterocycles. The van der Waals surface area contributed by atoms with Gasteiger partial charge in [-0.2, -0.15) is 0 Å². The molecule has 128 valence electrons. The van der Waals surface area contributed by atoms with Crippen LogP contribution in [0, 0.1) is 0 Å². The number of ether oxygens (including phenoxy) is 1. The molecule has 24 heavy (non-hydrogen) atoms. The summed E-state index contributed by atoms with van der Waals surface area (Å²) >= 11 is 6.17. The van der Waals surface area contributed by atoms with Crippen LogP contribution in [-0.2, 0) is 11.2 Å². The molecule has 0 bridgehead atoms. The summed E-state index contributed by atoms with van der Waals surface area (Å²) in [5.41, 5.74) is 2.14. The minimum Gasteiger partial charge on any atom is -0.375 e. The van der Waals surface area contributed by atoms with Crippen molar-refractivity contribution in [2.24, 2.45) is 0 Å². The highest BCUT2D eigenvalue weighted by Gasteiger charge is 2.14. The second-order valence-electron chi connectivity index (χ2n) is 5.47. The molecule has 4 nitrogen and oxygen atoms in total. The van der Waals surface area contributed by atoms with Crippen molar-refractivity contribution in [1.29, 1.82) is 0 Å². The quantitative estimate of drug-likeness (QED) is 0.711. The zero-order chi connectivity index (χ0) is 17.2. The molecule has 0 aromatic heterocycles. The number of nitrogens with one attached hydrogen (secondary N) is 2. The Kier molecular flexibility index (Phi) is 7.59. The molecule has 2 aromatic rings. The van der Waals surface area contributed by atoms with Crippen molar-refractivity contribution in [2.45, 2.75) is 18.9 Å². The minimum atomic E-state index is -0.270. The van der Waals surface area contributed by atoms with Gasteiger partial charge in [0.15, 0.2) is 0 Å². The van der Waals surface area contributed by atoms with Crippen LogP contribution in [0.1, 0.15) is 23.7 Å². The largest absolute Gasteiger partial charge is 0.375 e. The number of rotatable bonds is 8. The van der Waals surface area contributed by atoms with Gasteiger partial charge in [-0.25, -0.2) is 4.79 Å². The predicted octanol–water partition coefficient (Wildman–Crippen LogP) is 3.96. The molecule has 2 rings (SSSR count). The summed E-state index contributed by atoms with van der Waals surface area (Å²) in [7, 11) is 1.60. The molecule has 2 aromatic carbocycles. The molecule has 0 spiro atoms. The van der Waals surface area contributed by atoms with E-state index in [1.807, 2.05) is 42.5 Å². The van der Waals surface area contributed by atoms with Crippen molar-refractivity contribution >= 4 is 17.6 Å². The van der Waals surface area contributed by atoms with E-state index in [1.54, 1.807) is 7.11 Å². The Balaban J connectivity index is 1.69. The lowest BCUT2D eigenvalue weighted by atomic mass is 10.1. The van der Waals surface area contributed by atoms with Crippen molar-refractivity contribution in [3.8, 4) is 0 Å². The van der Waals surface area contributed by atoms with Crippen molar-refractivity contribution in [1.82, 2.24) is 10.6 Å². The first-order chi connectivity index (χ1) is 11.7. The average molecular weight is 347 g/mol. The molecule has 1 atom stereocenters. The molecule has 5 heteroatoms. The molecular weight excluding hydrogens is 324 g/mol. The third-order valence-corrected chi connectivity index (χ3v) is 4.10. The molecule has 0 aliphatic rings. The standard InChI is InChI=1S/C19H23ClN2O2/c1-24-18(16-11-5-6-12-17(16)20)14-22-19(23)21-13-7-10-15-8-3-2-4-9-15/h2-6,8-9,11-12,18H,7,10,13-14H2,1H3,(H2,21,22,23). The van der Waals surface area contributed by atoms with Gasteiger partial charge in [0.1, 0.15) is 6.10 Å². The molecule has 0 radical (unpaired) electrons. The number of methoxy groups -OCH3 is 1. The summed E-state index contributed by atoms with van der Waals surface area (Å²) < 4.78 is 5.42. The van der Waals surface area contributed by atoms with Crippen LogP contribution >= 0.6 is 11.6 Å². The van der Waals surface area contributed by atoms with E-state index >= 15 is 0 Å². The van der Waals surface area contributed by atoms with Gasteiger partial charge in [0.2, 0.25) is 0 Å². The maximum Gasteiger partial charge on any atom is 0.314 e. The molecule has 2 amide bonds. The van der Waals surface area contributed by atoms with Crippen molar-refractivity contribution < 1.29 is 9.53 Å². The number of amides is 2. The predicted molar refractivity (Wildman–Crippen MR) is 97.4 cm³/mol. The highest BCUT2D eigenvalue weighted by molar-refractivity contribution is 6.31. The smallest absolute Gasteiger partial charge is 0.314 e. The topological polar surface area (TPSA) is 50.4 Å². The van der Waals surface area contributed by atoms with E-state index in [2.05, 4.69) is 22.8 Å². The number of carbonyl (C=O) groups excluding carboxylic acids is 1. The summed E-state index contributed by atoms with van der Waals surface area (Å²) in [4.78, 5) is 11.9. The van der Waals surface area contributed by atoms with Gasteiger partial charge in [0.05, 0.1) is 0 Å². The molecule has 0 saturated carbocycles. The van der Waals surface area contributed by atoms with E-state index < -0.39 is 0 Å². The zero-order valence-electron chi connectivity index (χ0n) is 13.8. The first-order valence-electron chi connectivity index (χ1n) is 8.03. The maximum atomic E-state index is 11.9. The van der Waals surface area contributed by atoms with Gasteiger partial charge in [-0.3, -0.25) is 0 Å². The minimum absolute atomic E-state index is 0.197. The van der Waals surface area contributed by atoms with Gasteiger partial charge < -0.3 is 15.4 Å². The Morgan fingerprint density at radius 3 is 2.50 bits per heavy atom. The third kappa shape index (κ3) is 5.87. The number of hydrogen-bond acceptors (Lipinski definition) is 2. The Hall–Kier alpha value is -2.04. The first kappa shape index (κ1) is 18.3. The van der Waals surface area contributed by atoms with Crippen molar-refractivity contribution in [3.63, 3.8) is 0 Å². The average Bonchev–Trinajstić information content (AvgIpc) is 2.61. The fourth-order valence-electron chi connectivity index (χ4n) is 2.44. The highest BCUT2D eigenvalue weighted by atomic mass is 35.5. The molecule has 1 unspecified atom stereocenters. The van der Waals surface area contributed by atoms with Crippen molar-refractivity contribution in [2.75, 3.05) is 20.2 Å². The van der Waals surface area contributed by atoms with Crippen molar-refractivity contribution in [3.05, 3.63) is 70.7 Å². The summed E-state index contributed by atoms with van der Waals surface area (Å²) in [6.45, 7) is 0.995. The molecule has 0 heterocycles. The number of urea groups is 1. The monoisotopic (exact) mass is 346 g/mol. The van der Waals surface area contributed by atoms with Crippen LogP contribution in [0.3, 0.4) is 0 Å². The van der Waals surface area contributed by atoms with Gasteiger partial charge in [0.25, 0.3) is 0 Å². The van der Waals surface area contributed by atoms with Crippen LogP contribution in [0.5, 0.6) is 0 Å². The van der Waals surface area contributed by atoms with E-state index in [1.165, 1.54) is 5.56 Å². The van der Waals surface area contributed by atoms with Gasteiger partial charge in [-0.05, 0) is 24.5 Å². The number of hydrogen-bond donors (Lipinski definition) is 2. The highest BCUT2D eigenvalue weighted by Crippen LogP contribution is 2.24. The normalized spacial score (nSPS) is 11.8. The molecule has 0 fully saturated rings. The SMILES string of the molecule is COC(CNC(=O)NCCCc1ccccc1)c1ccccc1Cl. The van der Waals surface area contributed by atoms with E-state index in [4.69, 9.17) is 16.3 Å². The zero-order valence-corrected chi connectivity index (χ0v) is 14.6. The van der Waals surface area contributed by atoms with Crippen LogP contribution in [0.2, 0.25) is 5.02 Å². The van der Waals surface area contributed by atoms with Gasteiger partial charge in [-0.1, -0.05) is 60.1 Å². The van der Waals surface area contributed by atoms with E-state index in [9.17, 15) is 4.79 Å². The van der Waals surface area contributed by atoms with Crippen LogP contribution < -0.4 is 10.6 Å². The molecule has 0 saturated heterocycles. The number of halogens is 1. The summed E-state index contributed by atoms with van der Waals surface area (Å²) in [5, 5.41) is 6.32. The van der Waals surface area contributed by atoms with E-state index in [-0.39, 0.29) is 12.1 Å². The number of carbonyl (C=O) groups is 1. The summed E-state index contributed by atoms with van der Waals surface area (Å²) in [5.74, 6) is 0.